The van der Waals surface area contributed by atoms with Gasteiger partial charge in [0.25, 0.3) is 0 Å². The number of aldehydes is 1. The Labute approximate surface area is 212 Å². The van der Waals surface area contributed by atoms with E-state index in [4.69, 9.17) is 10.5 Å². The Morgan fingerprint density at radius 3 is 2.79 bits per heavy atom. The van der Waals surface area contributed by atoms with Crippen molar-refractivity contribution >= 4 is 77.9 Å². The second kappa shape index (κ2) is 9.40. The summed E-state index contributed by atoms with van der Waals surface area (Å²) in [6, 6.07) is 9.47. The van der Waals surface area contributed by atoms with Gasteiger partial charge in [0.15, 0.2) is 6.29 Å². The summed E-state index contributed by atoms with van der Waals surface area (Å²) in [6.45, 7) is 0. The Balaban J connectivity index is 1.53. The van der Waals surface area contributed by atoms with Crippen molar-refractivity contribution in [3.05, 3.63) is 66.1 Å². The average Bonchev–Trinajstić information content (AvgIpc) is 3.59. The van der Waals surface area contributed by atoms with Gasteiger partial charge < -0.3 is 0 Å². The van der Waals surface area contributed by atoms with Gasteiger partial charge in [-0.3, -0.25) is 4.79 Å². The van der Waals surface area contributed by atoms with Crippen LogP contribution in [0, 0.1) is 0 Å². The van der Waals surface area contributed by atoms with E-state index in [0.29, 0.717) is 22.1 Å². The Bertz CT molecular complexity index is 1500. The maximum atomic E-state index is 12.8. The number of pyridine rings is 1. The minimum atomic E-state index is -2.03. The van der Waals surface area contributed by atoms with Gasteiger partial charge in [0, 0.05) is 0 Å². The van der Waals surface area contributed by atoms with Crippen molar-refractivity contribution in [2.45, 2.75) is 4.68 Å². The fourth-order valence-electron chi connectivity index (χ4n) is 4.04. The van der Waals surface area contributed by atoms with Crippen LogP contribution in [0.25, 0.3) is 31.7 Å². The molecule has 9 heteroatoms. The van der Waals surface area contributed by atoms with Crippen molar-refractivity contribution < 1.29 is 14.3 Å². The third-order valence-electron chi connectivity index (χ3n) is 5.82. The zero-order valence-electron chi connectivity index (χ0n) is 18.5. The number of hydrogen-bond donors (Lipinski definition) is 2. The molecule has 168 valence electrons. The van der Waals surface area contributed by atoms with Crippen molar-refractivity contribution in [3.63, 3.8) is 0 Å². The minimum absolute atomic E-state index is 0.0518. The number of nitrogens with zero attached hydrogens (tertiary/aromatic N) is 1. The van der Waals surface area contributed by atoms with Crippen molar-refractivity contribution in [1.29, 1.82) is 0 Å². The monoisotopic (exact) mass is 589 g/mol. The van der Waals surface area contributed by atoms with Crippen LogP contribution in [-0.2, 0) is 4.79 Å². The number of thiophene rings is 2. The van der Waals surface area contributed by atoms with Crippen LogP contribution in [0.1, 0.15) is 9.67 Å². The summed E-state index contributed by atoms with van der Waals surface area (Å²) >= 11 is 0.987. The Morgan fingerprint density at radius 1 is 1.24 bits per heavy atom. The molecule has 0 radical (unpaired) electrons. The first kappa shape index (κ1) is 22.9. The molecule has 1 aromatic carbocycles. The fourth-order valence-corrected chi connectivity index (χ4v) is 10.5. The Morgan fingerprint density at radius 2 is 2.09 bits per heavy atom. The number of allylic oxidation sites excluding steroid dienone is 2. The topological polar surface area (TPSA) is 94.3 Å². The number of carbonyl (C=O) groups is 2. The van der Waals surface area contributed by atoms with Gasteiger partial charge in [-0.15, -0.1) is 11.3 Å². The van der Waals surface area contributed by atoms with E-state index >= 15 is 0 Å². The summed E-state index contributed by atoms with van der Waals surface area (Å²) in [6.07, 6.45) is 6.52. The van der Waals surface area contributed by atoms with Gasteiger partial charge >= 0.3 is 174 Å². The number of amides is 1. The number of rotatable bonds is 6. The molecule has 0 unspecified atom stereocenters. The van der Waals surface area contributed by atoms with Gasteiger partial charge in [-0.2, -0.15) is 0 Å². The number of methoxy groups -OCH3 is 1. The van der Waals surface area contributed by atoms with E-state index in [-0.39, 0.29) is 5.91 Å². The van der Waals surface area contributed by atoms with Gasteiger partial charge in [0.2, 0.25) is 0 Å². The number of anilines is 2. The fraction of sp³-hybridized carbons (Fsp3) is 0.0800. The molecule has 1 amide bonds. The normalized spacial score (nSPS) is 12.8. The molecule has 0 saturated heterocycles. The van der Waals surface area contributed by atoms with E-state index < -0.39 is 21.4 Å². The van der Waals surface area contributed by atoms with Gasteiger partial charge in [-0.25, -0.2) is 0 Å². The van der Waals surface area contributed by atoms with Crippen molar-refractivity contribution in [1.82, 2.24) is 4.98 Å². The third kappa shape index (κ3) is 4.08. The summed E-state index contributed by atoms with van der Waals surface area (Å²) in [5, 5.41) is 5.93. The van der Waals surface area contributed by atoms with Crippen molar-refractivity contribution in [2.75, 3.05) is 18.2 Å². The van der Waals surface area contributed by atoms with Crippen LogP contribution in [-0.4, -0.2) is 45.7 Å². The molecule has 5 rings (SSSR count). The molecule has 1 aliphatic rings. The second-order valence-corrected chi connectivity index (χ2v) is 17.3. The summed E-state index contributed by atoms with van der Waals surface area (Å²) in [5.74, 6) is 0.973. The molecule has 3 aromatic heterocycles. The summed E-state index contributed by atoms with van der Waals surface area (Å²) in [4.78, 5) is 30.0. The van der Waals surface area contributed by atoms with Gasteiger partial charge in [0.1, 0.15) is 0 Å². The Kier molecular flexibility index (Phi) is 6.33. The number of benzene rings is 1. The molecule has 34 heavy (non-hydrogen) atoms. The third-order valence-corrected chi connectivity index (χ3v) is 14.3. The quantitative estimate of drug-likeness (QED) is 0.280. The number of nitrogens with two attached hydrogens (primary N) is 1. The summed E-state index contributed by atoms with van der Waals surface area (Å²) in [5.41, 5.74) is 9.76. The number of carbonyl (C=O) groups excluding carboxylic acids is 2. The zero-order chi connectivity index (χ0) is 23.8. The molecule has 3 N–H and O–H groups in total. The molecule has 0 spiro atoms. The standard InChI is InChI=1S/C24H17N3O3S2.CH3.In/c1-3-4-5-21(29)27-18-8-6-14(10-19(18)30-2)17-13-31-23-16(11-26-24(25)22(17)23)20-9-7-15(12-28)32-20;;/h1,3-4,6-13H,2H3,(H2,25,26)(H,27,29);1H3;. The maximum absolute atomic E-state index is 12.8. The molecular formula is C25H20InN3O3S2. The molecule has 4 aromatic rings. The predicted octanol–water partition coefficient (Wildman–Crippen LogP) is 5.73. The summed E-state index contributed by atoms with van der Waals surface area (Å²) < 4.78 is 11.9. The van der Waals surface area contributed by atoms with Crippen LogP contribution in [0.15, 0.2) is 61.2 Å². The first-order valence-electron chi connectivity index (χ1n) is 10.6. The van der Waals surface area contributed by atoms with E-state index in [0.717, 1.165) is 41.3 Å². The van der Waals surface area contributed by atoms with E-state index in [1.54, 1.807) is 24.6 Å². The van der Waals surface area contributed by atoms with Crippen LogP contribution in [0.5, 0.6) is 5.75 Å². The van der Waals surface area contributed by atoms with Gasteiger partial charge in [-0.1, -0.05) is 0 Å². The molecule has 0 aliphatic carbocycles. The van der Waals surface area contributed by atoms with E-state index in [1.807, 2.05) is 42.5 Å². The predicted molar refractivity (Wildman–Crippen MR) is 142 cm³/mol. The molecule has 0 saturated carbocycles. The molecule has 0 fully saturated rings. The number of ether oxygens (including phenoxy) is 1. The molecule has 0 bridgehead atoms. The number of fused-ring (bicyclic) bond motifs is 1. The summed E-state index contributed by atoms with van der Waals surface area (Å²) in [7, 11) is 1.59. The Hall–Kier alpha value is -2.88. The van der Waals surface area contributed by atoms with E-state index in [9.17, 15) is 9.59 Å². The molecule has 0 atom stereocenters. The van der Waals surface area contributed by atoms with Crippen LogP contribution < -0.4 is 15.8 Å². The van der Waals surface area contributed by atoms with Gasteiger partial charge in [-0.05, 0) is 12.1 Å². The molecule has 6 nitrogen and oxygen atoms in total. The van der Waals surface area contributed by atoms with Crippen molar-refractivity contribution in [3.8, 4) is 27.3 Å². The van der Waals surface area contributed by atoms with E-state index in [2.05, 4.69) is 24.2 Å². The SMILES string of the molecule is COc1cc(-c2csc3c(-c4ccc(C=O)s4)cnc(N)c23)ccc1NC(=O)[C]1=CC=[CH][In]1[CH3]. The average molecular weight is 589 g/mol. The van der Waals surface area contributed by atoms with Crippen LogP contribution in [0.3, 0.4) is 0 Å². The van der Waals surface area contributed by atoms with Crippen LogP contribution in [0.2, 0.25) is 4.68 Å². The number of aromatic nitrogens is 1. The first-order valence-corrected chi connectivity index (χ1v) is 19.1. The van der Waals surface area contributed by atoms with Crippen LogP contribution in [0.4, 0.5) is 11.5 Å². The van der Waals surface area contributed by atoms with Crippen molar-refractivity contribution in [2.24, 2.45) is 0 Å². The molecule has 4 heterocycles. The second-order valence-electron chi connectivity index (χ2n) is 7.90. The number of nitrogens with one attached hydrogen (secondary N) is 1. The first-order chi connectivity index (χ1) is 16.5. The number of hydrogen-bond acceptors (Lipinski definition) is 7. The number of nitrogen functional groups attached to an aromatic ring is 1. The van der Waals surface area contributed by atoms with E-state index in [1.165, 1.54) is 11.3 Å². The van der Waals surface area contributed by atoms with Crippen LogP contribution >= 0.6 is 22.7 Å². The zero-order valence-corrected chi connectivity index (χ0v) is 23.4. The molecule has 1 aliphatic heterocycles. The molecular weight excluding hydrogens is 569 g/mol. The van der Waals surface area contributed by atoms with Gasteiger partial charge in [0.05, 0.1) is 4.88 Å².